The Kier molecular flexibility index (Phi) is 4.47. The van der Waals surface area contributed by atoms with E-state index in [-0.39, 0.29) is 5.41 Å². The minimum absolute atomic E-state index is 0.0528. The van der Waals surface area contributed by atoms with Gasteiger partial charge in [-0.15, -0.1) is 0 Å². The fraction of sp³-hybridized carbons (Fsp3) is 0.261. The van der Waals surface area contributed by atoms with Crippen LogP contribution in [0.4, 0.5) is 11.4 Å². The lowest BCUT2D eigenvalue weighted by atomic mass is 9.86. The third-order valence-corrected chi connectivity index (χ3v) is 4.79. The molecule has 0 fully saturated rings. The summed E-state index contributed by atoms with van der Waals surface area (Å²) in [6.07, 6.45) is 1.08. The Morgan fingerprint density at radius 1 is 1.04 bits per heavy atom. The summed E-state index contributed by atoms with van der Waals surface area (Å²) in [5.74, 6) is 2.04. The highest BCUT2D eigenvalue weighted by Crippen LogP contribution is 2.45. The maximum atomic E-state index is 6.30. The summed E-state index contributed by atoms with van der Waals surface area (Å²) in [4.78, 5) is 6.41. The van der Waals surface area contributed by atoms with E-state index in [0.717, 1.165) is 34.0 Å². The molecule has 4 rings (SSSR count). The number of anilines is 2. The molecule has 0 saturated heterocycles. The van der Waals surface area contributed by atoms with E-state index in [1.165, 1.54) is 0 Å². The second kappa shape index (κ2) is 6.84. The molecule has 0 saturated carbocycles. The van der Waals surface area contributed by atoms with Crippen LogP contribution < -0.4 is 20.1 Å². The molecule has 0 amide bonds. The first-order chi connectivity index (χ1) is 13.3. The van der Waals surface area contributed by atoms with Crippen molar-refractivity contribution in [2.45, 2.75) is 39.5 Å². The number of rotatable bonds is 3. The second-order valence-electron chi connectivity index (χ2n) is 8.03. The van der Waals surface area contributed by atoms with Crippen LogP contribution in [0.1, 0.15) is 31.9 Å². The quantitative estimate of drug-likeness (QED) is 0.677. The van der Waals surface area contributed by atoms with Crippen molar-refractivity contribution in [1.29, 1.82) is 0 Å². The number of aromatic nitrogens is 1. The van der Waals surface area contributed by atoms with Gasteiger partial charge in [0.2, 0.25) is 12.2 Å². The normalized spacial score (nSPS) is 15.9. The molecule has 2 aromatic carbocycles. The van der Waals surface area contributed by atoms with Crippen LogP contribution in [-0.2, 0) is 5.41 Å². The van der Waals surface area contributed by atoms with Crippen molar-refractivity contribution in [3.05, 3.63) is 71.9 Å². The van der Waals surface area contributed by atoms with Crippen molar-refractivity contribution < 1.29 is 9.47 Å². The van der Waals surface area contributed by atoms with Gasteiger partial charge in [-0.05, 0) is 48.2 Å². The lowest BCUT2D eigenvalue weighted by Crippen LogP contribution is -2.39. The average Bonchev–Trinajstić information content (AvgIpc) is 2.96. The van der Waals surface area contributed by atoms with Crippen molar-refractivity contribution in [1.82, 2.24) is 4.98 Å². The van der Waals surface area contributed by atoms with Gasteiger partial charge in [-0.25, -0.2) is 4.98 Å². The van der Waals surface area contributed by atoms with Crippen LogP contribution in [0, 0.1) is 6.92 Å². The number of para-hydroxylation sites is 1. The van der Waals surface area contributed by atoms with Gasteiger partial charge in [0.1, 0.15) is 17.2 Å². The largest absolute Gasteiger partial charge is 0.455 e. The second-order valence-corrected chi connectivity index (χ2v) is 8.03. The van der Waals surface area contributed by atoms with Crippen molar-refractivity contribution in [2.75, 3.05) is 4.90 Å². The molecule has 144 valence electrons. The van der Waals surface area contributed by atoms with E-state index in [4.69, 9.17) is 15.2 Å². The van der Waals surface area contributed by atoms with Crippen LogP contribution in [0.2, 0.25) is 0 Å². The lowest BCUT2D eigenvalue weighted by molar-refractivity contribution is 0.242. The van der Waals surface area contributed by atoms with Crippen LogP contribution in [0.25, 0.3) is 0 Å². The summed E-state index contributed by atoms with van der Waals surface area (Å²) in [7, 11) is 0. The first-order valence-corrected chi connectivity index (χ1v) is 9.39. The molecule has 0 bridgehead atoms. The van der Waals surface area contributed by atoms with Crippen molar-refractivity contribution in [2.24, 2.45) is 5.73 Å². The van der Waals surface area contributed by atoms with Gasteiger partial charge in [-0.2, -0.15) is 0 Å². The molecule has 3 aromatic rings. The number of nitrogens with two attached hydrogens (primary N) is 1. The van der Waals surface area contributed by atoms with E-state index in [1.807, 2.05) is 60.4 Å². The van der Waals surface area contributed by atoms with Crippen molar-refractivity contribution >= 4 is 11.4 Å². The number of hydrogen-bond donors (Lipinski definition) is 1. The molecule has 1 unspecified atom stereocenters. The molecule has 5 nitrogen and oxygen atoms in total. The van der Waals surface area contributed by atoms with Gasteiger partial charge in [0, 0.05) is 11.8 Å². The van der Waals surface area contributed by atoms with Crippen LogP contribution in [-0.4, -0.2) is 11.3 Å². The van der Waals surface area contributed by atoms with Crippen LogP contribution in [0.15, 0.2) is 60.8 Å². The maximum Gasteiger partial charge on any atom is 0.243 e. The summed E-state index contributed by atoms with van der Waals surface area (Å²) in [5.41, 5.74) is 10.1. The first-order valence-electron chi connectivity index (χ1n) is 9.39. The Morgan fingerprint density at radius 3 is 2.61 bits per heavy atom. The predicted molar refractivity (Wildman–Crippen MR) is 111 cm³/mol. The molecule has 1 atom stereocenters. The number of hydrogen-bond acceptors (Lipinski definition) is 5. The Hall–Kier alpha value is -3.05. The zero-order valence-corrected chi connectivity index (χ0v) is 16.6. The van der Waals surface area contributed by atoms with E-state index >= 15 is 0 Å². The molecule has 28 heavy (non-hydrogen) atoms. The number of nitrogens with zero attached hydrogens (tertiary/aromatic N) is 2. The van der Waals surface area contributed by atoms with Crippen LogP contribution in [0.5, 0.6) is 17.4 Å². The van der Waals surface area contributed by atoms with Gasteiger partial charge in [0.05, 0.1) is 5.69 Å². The third kappa shape index (κ3) is 3.29. The molecule has 2 N–H and O–H groups in total. The fourth-order valence-corrected chi connectivity index (χ4v) is 3.43. The summed E-state index contributed by atoms with van der Waals surface area (Å²) in [6.45, 7) is 8.52. The molecule has 5 heteroatoms. The van der Waals surface area contributed by atoms with E-state index in [2.05, 4.69) is 31.8 Å². The Balaban J connectivity index is 1.76. The Morgan fingerprint density at radius 2 is 1.82 bits per heavy atom. The van der Waals surface area contributed by atoms with E-state index in [9.17, 15) is 0 Å². The molecule has 0 radical (unpaired) electrons. The molecule has 0 aliphatic carbocycles. The van der Waals surface area contributed by atoms with E-state index < -0.39 is 6.35 Å². The van der Waals surface area contributed by atoms with E-state index in [0.29, 0.717) is 5.88 Å². The average molecular weight is 375 g/mol. The number of benzene rings is 2. The smallest absolute Gasteiger partial charge is 0.243 e. The maximum absolute atomic E-state index is 6.30. The topological polar surface area (TPSA) is 60.6 Å². The van der Waals surface area contributed by atoms with Crippen molar-refractivity contribution in [3.8, 4) is 17.4 Å². The number of aryl methyl sites for hydroxylation is 1. The van der Waals surface area contributed by atoms with Crippen molar-refractivity contribution in [3.63, 3.8) is 0 Å². The summed E-state index contributed by atoms with van der Waals surface area (Å²) in [5, 5.41) is 0. The van der Waals surface area contributed by atoms with Crippen LogP contribution >= 0.6 is 0 Å². The van der Waals surface area contributed by atoms with Gasteiger partial charge in [0.25, 0.3) is 0 Å². The highest BCUT2D eigenvalue weighted by Gasteiger charge is 2.32. The standard InChI is InChI=1S/C23H25N3O2/c1-15-11-12-17-20(14-15)28-22(24)26(17)18-9-7-13-25-21(18)27-19-10-6-5-8-16(19)23(2,3)4/h5-14,22H,24H2,1-4H3. The van der Waals surface area contributed by atoms with Crippen LogP contribution in [0.3, 0.4) is 0 Å². The SMILES string of the molecule is Cc1ccc2c(c1)OC(N)N2c1cccnc1Oc1ccccc1C(C)(C)C. The third-order valence-electron chi connectivity index (χ3n) is 4.79. The summed E-state index contributed by atoms with van der Waals surface area (Å²) in [6, 6.07) is 17.9. The highest BCUT2D eigenvalue weighted by molar-refractivity contribution is 5.75. The highest BCUT2D eigenvalue weighted by atomic mass is 16.5. The molecule has 1 aromatic heterocycles. The minimum Gasteiger partial charge on any atom is -0.455 e. The molecule has 1 aliphatic rings. The van der Waals surface area contributed by atoms with E-state index in [1.54, 1.807) is 6.20 Å². The summed E-state index contributed by atoms with van der Waals surface area (Å²) < 4.78 is 12.2. The lowest BCUT2D eigenvalue weighted by Gasteiger charge is -2.25. The zero-order chi connectivity index (χ0) is 19.9. The Labute approximate surface area is 165 Å². The van der Waals surface area contributed by atoms with Gasteiger partial charge in [-0.3, -0.25) is 10.6 Å². The molecular weight excluding hydrogens is 350 g/mol. The van der Waals surface area contributed by atoms with Gasteiger partial charge < -0.3 is 9.47 Å². The number of pyridine rings is 1. The molecular formula is C23H25N3O2. The van der Waals surface area contributed by atoms with Gasteiger partial charge in [0.15, 0.2) is 0 Å². The zero-order valence-electron chi connectivity index (χ0n) is 16.6. The Bertz CT molecular complexity index is 1010. The predicted octanol–water partition coefficient (Wildman–Crippen LogP) is 5.25. The fourth-order valence-electron chi connectivity index (χ4n) is 3.43. The molecule has 1 aliphatic heterocycles. The molecule has 2 heterocycles. The number of ether oxygens (including phenoxy) is 2. The van der Waals surface area contributed by atoms with Gasteiger partial charge >= 0.3 is 0 Å². The first kappa shape index (κ1) is 18.3. The minimum atomic E-state index is -0.638. The summed E-state index contributed by atoms with van der Waals surface area (Å²) >= 11 is 0. The molecule has 0 spiro atoms. The number of fused-ring (bicyclic) bond motifs is 1. The van der Waals surface area contributed by atoms with Gasteiger partial charge in [-0.1, -0.05) is 45.0 Å². The monoisotopic (exact) mass is 375 g/mol.